The zero-order chi connectivity index (χ0) is 22.2. The van der Waals surface area contributed by atoms with E-state index in [1.807, 2.05) is 0 Å². The number of hydrogen-bond acceptors (Lipinski definition) is 5. The Balaban J connectivity index is 1.74. The number of hydrogen-bond donors (Lipinski definition) is 3. The van der Waals surface area contributed by atoms with E-state index in [2.05, 4.69) is 15.4 Å². The molecule has 1 aromatic carbocycles. The molecule has 0 spiro atoms. The molecule has 0 saturated heterocycles. The van der Waals surface area contributed by atoms with Gasteiger partial charge < -0.3 is 15.5 Å². The van der Waals surface area contributed by atoms with E-state index in [0.29, 0.717) is 16.8 Å². The molecule has 0 aliphatic heterocycles. The molecular weight excluding hydrogens is 399 g/mol. The van der Waals surface area contributed by atoms with Crippen LogP contribution in [0.1, 0.15) is 61.6 Å². The van der Waals surface area contributed by atoms with E-state index in [1.165, 1.54) is 12.3 Å². The predicted molar refractivity (Wildman–Crippen MR) is 115 cm³/mol. The highest BCUT2D eigenvalue weighted by atomic mass is 19.1. The van der Waals surface area contributed by atoms with Crippen molar-refractivity contribution in [3.05, 3.63) is 53.7 Å². The van der Waals surface area contributed by atoms with Crippen LogP contribution in [0, 0.1) is 11.9 Å². The number of anilines is 1. The van der Waals surface area contributed by atoms with Gasteiger partial charge in [-0.1, -0.05) is 6.07 Å². The van der Waals surface area contributed by atoms with E-state index in [1.54, 1.807) is 42.8 Å². The summed E-state index contributed by atoms with van der Waals surface area (Å²) in [5.41, 5.74) is 0.313. The third-order valence-corrected chi connectivity index (χ3v) is 6.03. The van der Waals surface area contributed by atoms with Crippen molar-refractivity contribution in [2.24, 2.45) is 5.92 Å². The molecule has 1 amide bonds. The van der Waals surface area contributed by atoms with Crippen molar-refractivity contribution in [1.82, 2.24) is 14.8 Å². The molecule has 0 unspecified atom stereocenters. The second-order valence-electron chi connectivity index (χ2n) is 8.74. The van der Waals surface area contributed by atoms with Gasteiger partial charge in [0.25, 0.3) is 5.91 Å². The molecule has 1 fully saturated rings. The highest BCUT2D eigenvalue weighted by Gasteiger charge is 2.28. The molecule has 1 saturated carbocycles. The number of nitrogens with one attached hydrogen (secondary N) is 1. The molecule has 7 nitrogen and oxygen atoms in total. The van der Waals surface area contributed by atoms with Gasteiger partial charge in [0.1, 0.15) is 5.69 Å². The maximum Gasteiger partial charge on any atom is 0.274 e. The standard InChI is InChI=1S/C23H27FN4O3/c1-23(2,31)17-12-20-16(11-19(17)26-22(30)18-5-3-4-10-25-18)21(24)27-28(20)15-8-6-14(13-29)7-9-15/h3-5,10-12,14-15,29,31H,6-9,13H2,1-2H3,(H,26,30). The molecule has 1 aliphatic carbocycles. The summed E-state index contributed by atoms with van der Waals surface area (Å²) in [4.78, 5) is 16.7. The number of pyridine rings is 1. The predicted octanol–water partition coefficient (Wildman–Crippen LogP) is 3.77. The maximum atomic E-state index is 14.8. The fourth-order valence-electron chi connectivity index (χ4n) is 4.29. The van der Waals surface area contributed by atoms with E-state index in [9.17, 15) is 19.4 Å². The van der Waals surface area contributed by atoms with E-state index < -0.39 is 17.5 Å². The van der Waals surface area contributed by atoms with E-state index in [4.69, 9.17) is 0 Å². The highest BCUT2D eigenvalue weighted by molar-refractivity contribution is 6.04. The number of aliphatic hydroxyl groups excluding tert-OH is 1. The quantitative estimate of drug-likeness (QED) is 0.577. The van der Waals surface area contributed by atoms with E-state index >= 15 is 0 Å². The molecule has 164 valence electrons. The zero-order valence-corrected chi connectivity index (χ0v) is 17.7. The topological polar surface area (TPSA) is 100 Å². The number of carbonyl (C=O) groups excluding carboxylic acids is 1. The van der Waals surface area contributed by atoms with Gasteiger partial charge in [-0.05, 0) is 69.7 Å². The van der Waals surface area contributed by atoms with Crippen LogP contribution in [0.25, 0.3) is 10.9 Å². The third-order valence-electron chi connectivity index (χ3n) is 6.03. The molecule has 2 heterocycles. The average Bonchev–Trinajstić information content (AvgIpc) is 3.09. The van der Waals surface area contributed by atoms with Gasteiger partial charge in [-0.15, -0.1) is 5.10 Å². The molecule has 4 rings (SSSR count). The third kappa shape index (κ3) is 4.31. The van der Waals surface area contributed by atoms with Crippen LogP contribution < -0.4 is 5.32 Å². The number of aliphatic hydroxyl groups is 2. The molecule has 3 N–H and O–H groups in total. The van der Waals surface area contributed by atoms with Crippen molar-refractivity contribution in [2.75, 3.05) is 11.9 Å². The van der Waals surface area contributed by atoms with Gasteiger partial charge in [-0.25, -0.2) is 0 Å². The van der Waals surface area contributed by atoms with Crippen molar-refractivity contribution >= 4 is 22.5 Å². The molecule has 0 atom stereocenters. The highest BCUT2D eigenvalue weighted by Crippen LogP contribution is 2.38. The zero-order valence-electron chi connectivity index (χ0n) is 17.7. The van der Waals surface area contributed by atoms with Crippen LogP contribution in [0.4, 0.5) is 10.1 Å². The van der Waals surface area contributed by atoms with Crippen LogP contribution in [0.2, 0.25) is 0 Å². The molecular formula is C23H27FN4O3. The number of rotatable bonds is 5. The van der Waals surface area contributed by atoms with Crippen LogP contribution in [-0.4, -0.2) is 37.5 Å². The largest absolute Gasteiger partial charge is 0.396 e. The first-order valence-electron chi connectivity index (χ1n) is 10.6. The van der Waals surface area contributed by atoms with Gasteiger partial charge in [0.2, 0.25) is 5.95 Å². The Kier molecular flexibility index (Phi) is 5.77. The Morgan fingerprint density at radius 1 is 1.26 bits per heavy atom. The lowest BCUT2D eigenvalue weighted by molar-refractivity contribution is 0.0793. The average molecular weight is 426 g/mol. The van der Waals surface area contributed by atoms with Gasteiger partial charge >= 0.3 is 0 Å². The molecule has 0 bridgehead atoms. The number of amides is 1. The number of fused-ring (bicyclic) bond motifs is 1. The normalized spacial score (nSPS) is 19.5. The van der Waals surface area contributed by atoms with Crippen LogP contribution in [0.3, 0.4) is 0 Å². The summed E-state index contributed by atoms with van der Waals surface area (Å²) >= 11 is 0. The first-order chi connectivity index (χ1) is 14.8. The minimum absolute atomic E-state index is 0.0263. The van der Waals surface area contributed by atoms with E-state index in [-0.39, 0.29) is 29.6 Å². The summed E-state index contributed by atoms with van der Waals surface area (Å²) in [6.45, 7) is 3.41. The minimum Gasteiger partial charge on any atom is -0.396 e. The van der Waals surface area contributed by atoms with Gasteiger partial charge in [-0.2, -0.15) is 4.39 Å². The number of nitrogens with zero attached hydrogens (tertiary/aromatic N) is 3. The maximum absolute atomic E-state index is 14.8. The number of halogens is 1. The molecule has 31 heavy (non-hydrogen) atoms. The Morgan fingerprint density at radius 2 is 2.00 bits per heavy atom. The lowest BCUT2D eigenvalue weighted by atomic mass is 9.86. The molecule has 0 radical (unpaired) electrons. The number of benzene rings is 1. The second-order valence-corrected chi connectivity index (χ2v) is 8.74. The van der Waals surface area contributed by atoms with E-state index in [0.717, 1.165) is 25.7 Å². The molecule has 3 aromatic rings. The van der Waals surface area contributed by atoms with Gasteiger partial charge in [0.05, 0.1) is 22.5 Å². The fourth-order valence-corrected chi connectivity index (χ4v) is 4.29. The first-order valence-corrected chi connectivity index (χ1v) is 10.6. The Hall–Kier alpha value is -2.84. The number of carbonyl (C=O) groups is 1. The SMILES string of the molecule is CC(C)(O)c1cc2c(cc1NC(=O)c1ccccn1)c(F)nn2C1CCC(CO)CC1. The van der Waals surface area contributed by atoms with Crippen LogP contribution >= 0.6 is 0 Å². The van der Waals surface area contributed by atoms with Crippen molar-refractivity contribution < 1.29 is 19.4 Å². The molecule has 2 aromatic heterocycles. The Labute approximate surface area is 179 Å². The molecule has 8 heteroatoms. The van der Waals surface area contributed by atoms with Crippen LogP contribution in [-0.2, 0) is 5.60 Å². The lowest BCUT2D eigenvalue weighted by Crippen LogP contribution is -2.22. The van der Waals surface area contributed by atoms with Gasteiger partial charge in [0, 0.05) is 24.1 Å². The van der Waals surface area contributed by atoms with Gasteiger partial charge in [-0.3, -0.25) is 14.5 Å². The monoisotopic (exact) mass is 426 g/mol. The minimum atomic E-state index is -1.28. The van der Waals surface area contributed by atoms with Crippen molar-refractivity contribution in [2.45, 2.75) is 51.2 Å². The smallest absolute Gasteiger partial charge is 0.274 e. The van der Waals surface area contributed by atoms with Crippen molar-refractivity contribution in [3.8, 4) is 0 Å². The van der Waals surface area contributed by atoms with Gasteiger partial charge in [0.15, 0.2) is 0 Å². The van der Waals surface area contributed by atoms with Crippen molar-refractivity contribution in [3.63, 3.8) is 0 Å². The summed E-state index contributed by atoms with van der Waals surface area (Å²) in [5.74, 6) is -0.779. The van der Waals surface area contributed by atoms with Crippen LogP contribution in [0.15, 0.2) is 36.5 Å². The lowest BCUT2D eigenvalue weighted by Gasteiger charge is -2.28. The summed E-state index contributed by atoms with van der Waals surface area (Å²) in [5, 5.41) is 27.3. The van der Waals surface area contributed by atoms with Crippen LogP contribution in [0.5, 0.6) is 0 Å². The summed E-state index contributed by atoms with van der Waals surface area (Å²) in [6.07, 6.45) is 4.85. The summed E-state index contributed by atoms with van der Waals surface area (Å²) in [6, 6.07) is 8.26. The molecule has 1 aliphatic rings. The number of aromatic nitrogens is 3. The van der Waals surface area contributed by atoms with Crippen molar-refractivity contribution in [1.29, 1.82) is 0 Å². The fraction of sp³-hybridized carbons (Fsp3) is 0.435. The summed E-state index contributed by atoms with van der Waals surface area (Å²) in [7, 11) is 0. The Morgan fingerprint density at radius 3 is 2.61 bits per heavy atom. The Bertz CT molecular complexity index is 1080. The second kappa shape index (κ2) is 8.36. The summed E-state index contributed by atoms with van der Waals surface area (Å²) < 4.78 is 16.5. The first kappa shape index (κ1) is 21.4.